The fourth-order valence-corrected chi connectivity index (χ4v) is 6.70. The molecule has 1 aliphatic rings. The van der Waals surface area contributed by atoms with Crippen LogP contribution in [0.4, 0.5) is 10.3 Å². The minimum absolute atomic E-state index is 0.113. The van der Waals surface area contributed by atoms with Crippen LogP contribution >= 0.6 is 22.7 Å². The number of pyridine rings is 2. The molecule has 4 aromatic rings. The maximum absolute atomic E-state index is 12.6. The summed E-state index contributed by atoms with van der Waals surface area (Å²) in [7, 11) is 3.22. The maximum Gasteiger partial charge on any atom is 0.232 e. The van der Waals surface area contributed by atoms with Crippen LogP contribution in [0.1, 0.15) is 58.9 Å². The summed E-state index contributed by atoms with van der Waals surface area (Å²) >= 11 is 2.79. The van der Waals surface area contributed by atoms with Crippen molar-refractivity contribution in [1.29, 1.82) is 0 Å². The lowest BCUT2D eigenvalue weighted by molar-refractivity contribution is -0.116. The number of carbonyl (C=O) groups is 2. The molecule has 0 aromatic carbocycles. The Kier molecular flexibility index (Phi) is 12.3. The second-order valence-corrected chi connectivity index (χ2v) is 12.6. The number of methoxy groups -OCH3 is 2. The second-order valence-electron chi connectivity index (χ2n) is 10.6. The second kappa shape index (κ2) is 17.0. The number of aromatic nitrogens is 6. The third-order valence-corrected chi connectivity index (χ3v) is 9.14. The van der Waals surface area contributed by atoms with Crippen molar-refractivity contribution >= 4 is 44.8 Å². The molecule has 2 atom stereocenters. The molecule has 1 saturated carbocycles. The summed E-state index contributed by atoms with van der Waals surface area (Å²) in [6.45, 7) is 1.84. The van der Waals surface area contributed by atoms with E-state index in [1.165, 1.54) is 22.7 Å². The van der Waals surface area contributed by atoms with E-state index in [1.807, 2.05) is 0 Å². The van der Waals surface area contributed by atoms with E-state index >= 15 is 0 Å². The molecule has 5 rings (SSSR count). The summed E-state index contributed by atoms with van der Waals surface area (Å²) in [4.78, 5) is 33.8. The predicted molar refractivity (Wildman–Crippen MR) is 172 cm³/mol. The van der Waals surface area contributed by atoms with E-state index in [4.69, 9.17) is 18.9 Å². The van der Waals surface area contributed by atoms with Gasteiger partial charge in [-0.05, 0) is 43.5 Å². The van der Waals surface area contributed by atoms with Gasteiger partial charge < -0.3 is 29.6 Å². The molecule has 16 heteroatoms. The lowest BCUT2D eigenvalue weighted by atomic mass is 9.82. The number of anilines is 2. The molecule has 0 radical (unpaired) electrons. The summed E-state index contributed by atoms with van der Waals surface area (Å²) < 4.78 is 21.0. The minimum atomic E-state index is -0.215. The molecular formula is C30H36N8O6S2. The lowest BCUT2D eigenvalue weighted by Gasteiger charge is -2.25. The van der Waals surface area contributed by atoms with Crippen molar-refractivity contribution in [2.24, 2.45) is 0 Å². The number of carbonyl (C=O) groups excluding carboxylic acids is 2. The molecule has 244 valence electrons. The Hall–Kier alpha value is -4.12. The average molecular weight is 669 g/mol. The Morgan fingerprint density at radius 1 is 0.717 bits per heavy atom. The molecular weight excluding hydrogens is 633 g/mol. The first-order valence-electron chi connectivity index (χ1n) is 14.9. The van der Waals surface area contributed by atoms with Crippen LogP contribution in [-0.4, -0.2) is 82.8 Å². The van der Waals surface area contributed by atoms with Gasteiger partial charge in [-0.25, -0.2) is 0 Å². The number of ether oxygens (including phenoxy) is 4. The van der Waals surface area contributed by atoms with E-state index in [9.17, 15) is 9.59 Å². The zero-order valence-electron chi connectivity index (χ0n) is 25.6. The van der Waals surface area contributed by atoms with Crippen molar-refractivity contribution in [2.45, 2.75) is 50.4 Å². The van der Waals surface area contributed by atoms with Crippen LogP contribution in [0.15, 0.2) is 36.7 Å². The zero-order chi connectivity index (χ0) is 32.1. The molecule has 1 aliphatic carbocycles. The van der Waals surface area contributed by atoms with Gasteiger partial charge in [-0.3, -0.25) is 19.6 Å². The molecule has 0 aliphatic heterocycles. The number of nitrogens with one attached hydrogen (secondary N) is 2. The van der Waals surface area contributed by atoms with Crippen molar-refractivity contribution in [3.63, 3.8) is 0 Å². The van der Waals surface area contributed by atoms with Gasteiger partial charge in [0.25, 0.3) is 0 Å². The monoisotopic (exact) mass is 668 g/mol. The third kappa shape index (κ3) is 9.94. The largest absolute Gasteiger partial charge is 0.490 e. The highest BCUT2D eigenvalue weighted by molar-refractivity contribution is 7.15. The van der Waals surface area contributed by atoms with Crippen molar-refractivity contribution in [3.8, 4) is 11.5 Å². The minimum Gasteiger partial charge on any atom is -0.490 e. The highest BCUT2D eigenvalue weighted by Gasteiger charge is 2.29. The fraction of sp³-hybridized carbons (Fsp3) is 0.467. The van der Waals surface area contributed by atoms with E-state index in [0.717, 1.165) is 35.7 Å². The SMILES string of the molecule is COCCOc1ccc(CC(=O)Nc2nnc([C@H]3CCC[C@H](c4nnc(NC(=O)Cc5ccc(OCCOC)cn5)s4)C3)s2)nc1. The maximum atomic E-state index is 12.6. The molecule has 0 spiro atoms. The molecule has 14 nitrogen and oxygen atoms in total. The van der Waals surface area contributed by atoms with Gasteiger partial charge in [-0.1, -0.05) is 29.1 Å². The number of hydrogen-bond acceptors (Lipinski definition) is 14. The van der Waals surface area contributed by atoms with Crippen molar-refractivity contribution < 1.29 is 28.5 Å². The van der Waals surface area contributed by atoms with Gasteiger partial charge in [-0.15, -0.1) is 20.4 Å². The summed E-state index contributed by atoms with van der Waals surface area (Å²) in [5.74, 6) is 1.21. The van der Waals surface area contributed by atoms with Crippen molar-refractivity contribution in [1.82, 2.24) is 30.4 Å². The molecule has 0 bridgehead atoms. The number of rotatable bonds is 16. The van der Waals surface area contributed by atoms with Gasteiger partial charge in [0.2, 0.25) is 22.1 Å². The third-order valence-electron chi connectivity index (χ3n) is 7.14. The van der Waals surface area contributed by atoms with Crippen LogP contribution < -0.4 is 20.1 Å². The topological polar surface area (TPSA) is 172 Å². The molecule has 0 saturated heterocycles. The number of hydrogen-bond donors (Lipinski definition) is 2. The molecule has 0 unspecified atom stereocenters. The Balaban J connectivity index is 1.08. The first kappa shape index (κ1) is 33.2. The highest BCUT2D eigenvalue weighted by atomic mass is 32.1. The molecule has 1 fully saturated rings. The van der Waals surface area contributed by atoms with Gasteiger partial charge in [0.05, 0.1) is 38.4 Å². The molecule has 2 amide bonds. The first-order chi connectivity index (χ1) is 22.5. The zero-order valence-corrected chi connectivity index (χ0v) is 27.3. The van der Waals surface area contributed by atoms with E-state index in [2.05, 4.69) is 41.0 Å². The van der Waals surface area contributed by atoms with Gasteiger partial charge >= 0.3 is 0 Å². The number of nitrogens with zero attached hydrogens (tertiary/aromatic N) is 6. The molecule has 4 aromatic heterocycles. The smallest absolute Gasteiger partial charge is 0.232 e. The Morgan fingerprint density at radius 3 is 1.61 bits per heavy atom. The quantitative estimate of drug-likeness (QED) is 0.164. The van der Waals surface area contributed by atoms with Crippen LogP contribution in [0.3, 0.4) is 0 Å². The van der Waals surface area contributed by atoms with Gasteiger partial charge in [0.15, 0.2) is 0 Å². The van der Waals surface area contributed by atoms with Crippen LogP contribution in [0.2, 0.25) is 0 Å². The number of amides is 2. The fourth-order valence-electron chi connectivity index (χ4n) is 4.88. The van der Waals surface area contributed by atoms with E-state index in [1.54, 1.807) is 50.9 Å². The van der Waals surface area contributed by atoms with Crippen LogP contribution in [0.25, 0.3) is 0 Å². The van der Waals surface area contributed by atoms with E-state index in [0.29, 0.717) is 59.6 Å². The van der Waals surface area contributed by atoms with Crippen LogP contribution in [-0.2, 0) is 31.9 Å². The standard InChI is InChI=1S/C30H36N8O6S2/c1-41-10-12-43-23-8-6-21(31-17-23)15-25(39)33-29-37-35-27(45-29)19-4-3-5-20(14-19)28-36-38-30(46-28)34-26(40)16-22-7-9-24(18-32-22)44-13-11-42-2/h6-9,17-20H,3-5,10-16H2,1-2H3,(H,33,37,39)(H,34,38,40)/t19-,20-/m0/s1. The Labute approximate surface area is 274 Å². The lowest BCUT2D eigenvalue weighted by Crippen LogP contribution is -2.15. The Bertz CT molecular complexity index is 1440. The Morgan fingerprint density at radius 2 is 1.20 bits per heavy atom. The van der Waals surface area contributed by atoms with Gasteiger partial charge in [-0.2, -0.15) is 0 Å². The van der Waals surface area contributed by atoms with Crippen molar-refractivity contribution in [2.75, 3.05) is 51.3 Å². The summed E-state index contributed by atoms with van der Waals surface area (Å²) in [6.07, 6.45) is 7.22. The average Bonchev–Trinajstić information content (AvgIpc) is 3.73. The highest BCUT2D eigenvalue weighted by Crippen LogP contribution is 2.43. The normalized spacial score (nSPS) is 16.1. The molecule has 46 heavy (non-hydrogen) atoms. The summed E-state index contributed by atoms with van der Waals surface area (Å²) in [5, 5.41) is 25.6. The van der Waals surface area contributed by atoms with Crippen LogP contribution in [0.5, 0.6) is 11.5 Å². The van der Waals surface area contributed by atoms with Gasteiger partial charge in [0, 0.05) is 37.4 Å². The van der Waals surface area contributed by atoms with Gasteiger partial charge in [0.1, 0.15) is 34.7 Å². The van der Waals surface area contributed by atoms with E-state index in [-0.39, 0.29) is 36.5 Å². The molecule has 2 N–H and O–H groups in total. The first-order valence-corrected chi connectivity index (χ1v) is 16.5. The van der Waals surface area contributed by atoms with E-state index < -0.39 is 0 Å². The van der Waals surface area contributed by atoms with Crippen molar-refractivity contribution in [3.05, 3.63) is 58.1 Å². The summed E-state index contributed by atoms with van der Waals surface area (Å²) in [6, 6.07) is 7.08. The van der Waals surface area contributed by atoms with Crippen LogP contribution in [0, 0.1) is 0 Å². The summed E-state index contributed by atoms with van der Waals surface area (Å²) in [5.41, 5.74) is 1.25. The molecule has 4 heterocycles. The predicted octanol–water partition coefficient (Wildman–Crippen LogP) is 4.03.